The molecule has 0 bridgehead atoms. The third-order valence-corrected chi connectivity index (χ3v) is 3.61. The maximum Gasteiger partial charge on any atom is 0.341 e. The largest absolute Gasteiger partial charge is 0.465 e. The van der Waals surface area contributed by atoms with Crippen LogP contribution in [0.3, 0.4) is 0 Å². The molecular weight excluding hydrogens is 228 g/mol. The average molecular weight is 234 g/mol. The fraction of sp³-hybridized carbons (Fsp3) is 0.167. The molecule has 0 fully saturated rings. The second-order valence-corrected chi connectivity index (χ2v) is 4.39. The van der Waals surface area contributed by atoms with Gasteiger partial charge in [-0.15, -0.1) is 0 Å². The first-order valence-corrected chi connectivity index (χ1v) is 5.49. The standard InChI is InChI=1S/C6H6N2O4S2/c1-12-6(9)4-3(2-8(10)11)13-14-5(4)7/h2H,7H2,1H3/b3-2+. The predicted octanol–water partition coefficient (Wildman–Crippen LogP) is 0.843. The molecule has 76 valence electrons. The number of nitrogens with zero attached hydrogens (tertiary/aromatic N) is 1. The van der Waals surface area contributed by atoms with Gasteiger partial charge < -0.3 is 10.5 Å². The van der Waals surface area contributed by atoms with E-state index in [1.807, 2.05) is 0 Å². The summed E-state index contributed by atoms with van der Waals surface area (Å²) in [5, 5.41) is 10.4. The predicted molar refractivity (Wildman–Crippen MR) is 53.5 cm³/mol. The summed E-state index contributed by atoms with van der Waals surface area (Å²) in [6.07, 6.45) is 0.740. The molecule has 8 heteroatoms. The van der Waals surface area contributed by atoms with Crippen LogP contribution in [0, 0.1) is 10.1 Å². The molecule has 2 N–H and O–H groups in total. The molecule has 0 aliphatic carbocycles. The van der Waals surface area contributed by atoms with Crippen molar-refractivity contribution in [1.82, 2.24) is 0 Å². The summed E-state index contributed by atoms with van der Waals surface area (Å²) < 4.78 is 4.45. The molecule has 0 aromatic carbocycles. The summed E-state index contributed by atoms with van der Waals surface area (Å²) in [5.41, 5.74) is 5.55. The van der Waals surface area contributed by atoms with E-state index in [1.165, 1.54) is 7.11 Å². The highest BCUT2D eigenvalue weighted by Gasteiger charge is 2.29. The number of esters is 1. The number of rotatable bonds is 2. The summed E-state index contributed by atoms with van der Waals surface area (Å²) in [7, 11) is 3.36. The molecule has 0 unspecified atom stereocenters. The third kappa shape index (κ3) is 2.20. The van der Waals surface area contributed by atoms with Crippen LogP contribution in [-0.4, -0.2) is 18.0 Å². The van der Waals surface area contributed by atoms with Crippen LogP contribution in [0.15, 0.2) is 21.7 Å². The van der Waals surface area contributed by atoms with E-state index < -0.39 is 10.9 Å². The number of ether oxygens (including phenoxy) is 1. The van der Waals surface area contributed by atoms with Gasteiger partial charge in [-0.2, -0.15) is 0 Å². The highest BCUT2D eigenvalue weighted by atomic mass is 33.1. The number of methoxy groups -OCH3 is 1. The molecule has 0 atom stereocenters. The topological polar surface area (TPSA) is 95.5 Å². The summed E-state index contributed by atoms with van der Waals surface area (Å²) in [6, 6.07) is 0. The zero-order chi connectivity index (χ0) is 10.7. The zero-order valence-electron chi connectivity index (χ0n) is 7.05. The van der Waals surface area contributed by atoms with Gasteiger partial charge in [-0.05, 0) is 21.6 Å². The second-order valence-electron chi connectivity index (χ2n) is 2.18. The molecule has 6 nitrogen and oxygen atoms in total. The van der Waals surface area contributed by atoms with Crippen molar-refractivity contribution in [3.63, 3.8) is 0 Å². The quantitative estimate of drug-likeness (QED) is 0.327. The molecule has 0 aromatic rings. The van der Waals surface area contributed by atoms with E-state index >= 15 is 0 Å². The van der Waals surface area contributed by atoms with Crippen LogP contribution in [0.25, 0.3) is 0 Å². The van der Waals surface area contributed by atoms with Crippen molar-refractivity contribution in [3.8, 4) is 0 Å². The van der Waals surface area contributed by atoms with Crippen LogP contribution in [-0.2, 0) is 9.53 Å². The minimum Gasteiger partial charge on any atom is -0.465 e. The Labute approximate surface area is 87.1 Å². The molecular formula is C6H6N2O4S2. The van der Waals surface area contributed by atoms with Gasteiger partial charge in [0, 0.05) is 0 Å². The Hall–Kier alpha value is -1.15. The summed E-state index contributed by atoms with van der Waals surface area (Å²) in [6.45, 7) is 0. The average Bonchev–Trinajstić information content (AvgIpc) is 2.45. The highest BCUT2D eigenvalue weighted by Crippen LogP contribution is 2.47. The monoisotopic (exact) mass is 234 g/mol. The van der Waals surface area contributed by atoms with Crippen LogP contribution in [0.1, 0.15) is 0 Å². The molecule has 0 aromatic heterocycles. The van der Waals surface area contributed by atoms with Gasteiger partial charge in [-0.25, -0.2) is 4.79 Å². The first-order chi connectivity index (χ1) is 6.56. The molecule has 0 radical (unpaired) electrons. The lowest BCUT2D eigenvalue weighted by atomic mass is 10.3. The van der Waals surface area contributed by atoms with Crippen LogP contribution in [0.4, 0.5) is 0 Å². The van der Waals surface area contributed by atoms with Gasteiger partial charge in [-0.1, -0.05) is 0 Å². The molecule has 14 heavy (non-hydrogen) atoms. The van der Waals surface area contributed by atoms with E-state index in [0.717, 1.165) is 27.8 Å². The van der Waals surface area contributed by atoms with Crippen LogP contribution in [0.2, 0.25) is 0 Å². The van der Waals surface area contributed by atoms with Gasteiger partial charge in [0.25, 0.3) is 0 Å². The Morgan fingerprint density at radius 3 is 2.79 bits per heavy atom. The SMILES string of the molecule is COC(=O)C1=C(N)SS/C1=C/[N+](=O)[O-]. The van der Waals surface area contributed by atoms with E-state index in [2.05, 4.69) is 4.74 Å². The third-order valence-electron chi connectivity index (χ3n) is 1.33. The number of nitro groups is 1. The van der Waals surface area contributed by atoms with Crippen LogP contribution >= 0.6 is 21.6 Å². The van der Waals surface area contributed by atoms with Crippen molar-refractivity contribution in [1.29, 1.82) is 0 Å². The van der Waals surface area contributed by atoms with Crippen molar-refractivity contribution < 1.29 is 14.5 Å². The molecule has 0 spiro atoms. The van der Waals surface area contributed by atoms with E-state index in [-0.39, 0.29) is 15.5 Å². The van der Waals surface area contributed by atoms with Gasteiger partial charge >= 0.3 is 5.97 Å². The van der Waals surface area contributed by atoms with Crippen molar-refractivity contribution >= 4 is 27.6 Å². The first kappa shape index (κ1) is 10.9. The molecule has 0 saturated carbocycles. The summed E-state index contributed by atoms with van der Waals surface area (Å²) in [5.74, 6) is -0.659. The Balaban J connectivity index is 3.03. The molecule has 1 aliphatic heterocycles. The lowest BCUT2D eigenvalue weighted by molar-refractivity contribution is -0.402. The van der Waals surface area contributed by atoms with Crippen molar-refractivity contribution in [2.75, 3.05) is 7.11 Å². The fourth-order valence-electron chi connectivity index (χ4n) is 0.780. The zero-order valence-corrected chi connectivity index (χ0v) is 8.68. The van der Waals surface area contributed by atoms with Crippen LogP contribution < -0.4 is 5.73 Å². The van der Waals surface area contributed by atoms with Crippen molar-refractivity contribution in [2.45, 2.75) is 0 Å². The summed E-state index contributed by atoms with van der Waals surface area (Å²) in [4.78, 5) is 21.0. The highest BCUT2D eigenvalue weighted by molar-refractivity contribution is 8.80. The van der Waals surface area contributed by atoms with E-state index in [0.29, 0.717) is 0 Å². The number of carbonyl (C=O) groups excluding carboxylic acids is 1. The Morgan fingerprint density at radius 1 is 1.64 bits per heavy atom. The van der Waals surface area contributed by atoms with Gasteiger partial charge in [0.15, 0.2) is 0 Å². The van der Waals surface area contributed by atoms with Gasteiger partial charge in [0.1, 0.15) is 10.5 Å². The number of hydrogen-bond acceptors (Lipinski definition) is 7. The lowest BCUT2D eigenvalue weighted by Crippen LogP contribution is -2.09. The molecule has 1 heterocycles. The number of carbonyl (C=O) groups is 1. The minimum absolute atomic E-state index is 0.0687. The van der Waals surface area contributed by atoms with Crippen molar-refractivity contribution in [3.05, 3.63) is 31.8 Å². The first-order valence-electron chi connectivity index (χ1n) is 3.34. The Morgan fingerprint density at radius 2 is 2.29 bits per heavy atom. The Bertz CT molecular complexity index is 350. The minimum atomic E-state index is -0.659. The van der Waals surface area contributed by atoms with Crippen LogP contribution in [0.5, 0.6) is 0 Å². The van der Waals surface area contributed by atoms with E-state index in [4.69, 9.17) is 5.73 Å². The maximum atomic E-state index is 11.2. The van der Waals surface area contributed by atoms with Gasteiger partial charge in [0.2, 0.25) is 6.20 Å². The maximum absolute atomic E-state index is 11.2. The summed E-state index contributed by atoms with van der Waals surface area (Å²) >= 11 is 0. The molecule has 1 rings (SSSR count). The molecule has 1 aliphatic rings. The Kier molecular flexibility index (Phi) is 3.42. The number of hydrogen-bond donors (Lipinski definition) is 1. The van der Waals surface area contributed by atoms with Gasteiger partial charge in [-0.3, -0.25) is 10.1 Å². The van der Waals surface area contributed by atoms with E-state index in [9.17, 15) is 14.9 Å². The second kappa shape index (κ2) is 4.38. The smallest absolute Gasteiger partial charge is 0.341 e. The van der Waals surface area contributed by atoms with E-state index in [1.54, 1.807) is 0 Å². The van der Waals surface area contributed by atoms with Gasteiger partial charge in [0.05, 0.1) is 17.1 Å². The van der Waals surface area contributed by atoms with Crippen molar-refractivity contribution in [2.24, 2.45) is 5.73 Å². The molecule has 0 saturated heterocycles. The fourth-order valence-corrected chi connectivity index (χ4v) is 2.87. The number of nitrogens with two attached hydrogens (primary N) is 1. The molecule has 0 amide bonds. The lowest BCUT2D eigenvalue weighted by Gasteiger charge is -1.99. The normalized spacial score (nSPS) is 18.8.